The van der Waals surface area contributed by atoms with E-state index in [4.69, 9.17) is 10.3 Å². The van der Waals surface area contributed by atoms with E-state index in [0.29, 0.717) is 5.88 Å². The average molecular weight is 393 g/mol. The Morgan fingerprint density at radius 1 is 1.32 bits per heavy atom. The highest BCUT2D eigenvalue weighted by molar-refractivity contribution is 5.51. The molecule has 1 aromatic carbocycles. The number of nitrogens with zero attached hydrogens (tertiary/aromatic N) is 3. The molecule has 2 N–H and O–H groups in total. The summed E-state index contributed by atoms with van der Waals surface area (Å²) >= 11 is 0. The zero-order valence-corrected chi connectivity index (χ0v) is 14.7. The smallest absolute Gasteiger partial charge is 0.387 e. The number of aromatic nitrogens is 1. The number of rotatable bonds is 9. The summed E-state index contributed by atoms with van der Waals surface area (Å²) < 4.78 is 47.6. The Bertz CT molecular complexity index is 842. The van der Waals surface area contributed by atoms with Gasteiger partial charge in [-0.25, -0.2) is 14.9 Å². The maximum Gasteiger partial charge on any atom is 0.387 e. The summed E-state index contributed by atoms with van der Waals surface area (Å²) in [7, 11) is 0. The Kier molecular flexibility index (Phi) is 6.30. The van der Waals surface area contributed by atoms with Gasteiger partial charge in [0.05, 0.1) is 11.9 Å². The van der Waals surface area contributed by atoms with Crippen molar-refractivity contribution in [3.63, 3.8) is 0 Å². The molecule has 0 saturated carbocycles. The van der Waals surface area contributed by atoms with Crippen molar-refractivity contribution in [1.82, 2.24) is 4.98 Å². The van der Waals surface area contributed by atoms with Crippen LogP contribution < -0.4 is 19.7 Å². The van der Waals surface area contributed by atoms with E-state index in [2.05, 4.69) is 25.1 Å². The third-order valence-electron chi connectivity index (χ3n) is 4.01. The van der Waals surface area contributed by atoms with Crippen molar-refractivity contribution in [1.29, 1.82) is 5.53 Å². The summed E-state index contributed by atoms with van der Waals surface area (Å²) in [5.74, 6) is -1.11. The van der Waals surface area contributed by atoms with Crippen molar-refractivity contribution >= 4 is 11.4 Å². The number of halogens is 3. The summed E-state index contributed by atoms with van der Waals surface area (Å²) in [6.07, 6.45) is 4.24. The van der Waals surface area contributed by atoms with Crippen LogP contribution in [0.1, 0.15) is 6.42 Å². The molecule has 1 saturated heterocycles. The van der Waals surface area contributed by atoms with Crippen LogP contribution >= 0.6 is 0 Å². The molecule has 0 radical (unpaired) electrons. The first-order chi connectivity index (χ1) is 13.5. The van der Waals surface area contributed by atoms with Crippen LogP contribution in [0.25, 0.3) is 0 Å². The average Bonchev–Trinajstić information content (AvgIpc) is 2.64. The minimum atomic E-state index is -3.13. The van der Waals surface area contributed by atoms with Gasteiger partial charge in [0.25, 0.3) is 0 Å². The normalized spacial score (nSPS) is 13.9. The number of pyridine rings is 1. The van der Waals surface area contributed by atoms with E-state index in [1.807, 2.05) is 6.07 Å². The van der Waals surface area contributed by atoms with Crippen LogP contribution in [-0.2, 0) is 0 Å². The minimum absolute atomic E-state index is 0.0336. The topological polar surface area (TPSA) is 82.8 Å². The fourth-order valence-corrected chi connectivity index (χ4v) is 2.42. The van der Waals surface area contributed by atoms with Gasteiger partial charge >= 0.3 is 6.61 Å². The van der Waals surface area contributed by atoms with Gasteiger partial charge in [0.15, 0.2) is 11.6 Å². The van der Waals surface area contributed by atoms with Crippen LogP contribution in [0.2, 0.25) is 0 Å². The number of anilines is 2. The van der Waals surface area contributed by atoms with Gasteiger partial charge in [0.1, 0.15) is 12.3 Å². The molecular formula is C18H18F3N5O2. The molecule has 2 heterocycles. The molecule has 0 aliphatic carbocycles. The lowest BCUT2D eigenvalue weighted by Gasteiger charge is -2.32. The second-order valence-corrected chi connectivity index (χ2v) is 5.90. The van der Waals surface area contributed by atoms with Crippen molar-refractivity contribution in [2.75, 3.05) is 29.9 Å². The number of hydrogen-bond donors (Lipinski definition) is 2. The molecule has 28 heavy (non-hydrogen) atoms. The van der Waals surface area contributed by atoms with E-state index in [0.717, 1.165) is 30.9 Å². The number of benzene rings is 1. The third kappa shape index (κ3) is 5.12. The summed E-state index contributed by atoms with van der Waals surface area (Å²) in [4.78, 5) is 6.41. The third-order valence-corrected chi connectivity index (χ3v) is 4.01. The van der Waals surface area contributed by atoms with Crippen molar-refractivity contribution in [2.45, 2.75) is 13.0 Å². The molecule has 10 heteroatoms. The zero-order chi connectivity index (χ0) is 19.9. The number of nitrogens with one attached hydrogen (secondary N) is 2. The van der Waals surface area contributed by atoms with E-state index in [1.165, 1.54) is 18.7 Å². The van der Waals surface area contributed by atoms with Gasteiger partial charge < -0.3 is 19.7 Å². The first kappa shape index (κ1) is 19.5. The predicted octanol–water partition coefficient (Wildman–Crippen LogP) is 4.40. The van der Waals surface area contributed by atoms with Gasteiger partial charge in [0, 0.05) is 37.1 Å². The summed E-state index contributed by atoms with van der Waals surface area (Å²) in [6.45, 7) is -1.13. The lowest BCUT2D eigenvalue weighted by atomic mass is 10.2. The highest BCUT2D eigenvalue weighted by Gasteiger charge is 2.14. The summed E-state index contributed by atoms with van der Waals surface area (Å²) in [5, 5.41) is 6.07. The second kappa shape index (κ2) is 9.07. The van der Waals surface area contributed by atoms with E-state index in [-0.39, 0.29) is 18.0 Å². The standard InChI is InChI=1S/C18H18F3N5O2/c19-15-4-2-12(8-16(15)28-18(20)21)23-9-13(25-22)11-27-17-5-3-14(10-24-17)26-6-1-7-26/h2-5,8-10,18,22-23H,1,6-7,11H2/b13-9-,25-22?. The van der Waals surface area contributed by atoms with Crippen LogP contribution in [0.5, 0.6) is 11.6 Å². The molecular weight excluding hydrogens is 375 g/mol. The van der Waals surface area contributed by atoms with E-state index in [9.17, 15) is 13.2 Å². The van der Waals surface area contributed by atoms with Crippen LogP contribution in [0.4, 0.5) is 24.5 Å². The van der Waals surface area contributed by atoms with Gasteiger partial charge in [-0.1, -0.05) is 0 Å². The maximum atomic E-state index is 13.4. The maximum absolute atomic E-state index is 13.4. The van der Waals surface area contributed by atoms with Crippen molar-refractivity contribution in [3.8, 4) is 11.6 Å². The van der Waals surface area contributed by atoms with Gasteiger partial charge in [-0.2, -0.15) is 13.9 Å². The molecule has 0 unspecified atom stereocenters. The molecule has 1 aromatic heterocycles. The lowest BCUT2D eigenvalue weighted by molar-refractivity contribution is -0.0521. The van der Waals surface area contributed by atoms with Crippen molar-refractivity contribution < 1.29 is 22.6 Å². The summed E-state index contributed by atoms with van der Waals surface area (Å²) in [5.41, 5.74) is 8.74. The molecule has 1 aliphatic heterocycles. The van der Waals surface area contributed by atoms with E-state index in [1.54, 1.807) is 12.3 Å². The van der Waals surface area contributed by atoms with Gasteiger partial charge in [0.2, 0.25) is 5.88 Å². The van der Waals surface area contributed by atoms with Gasteiger partial charge in [-0.15, -0.1) is 0 Å². The Morgan fingerprint density at radius 3 is 2.75 bits per heavy atom. The molecule has 0 atom stereocenters. The van der Waals surface area contributed by atoms with Crippen molar-refractivity contribution in [2.24, 2.45) is 5.11 Å². The fraction of sp³-hybridized carbons (Fsp3) is 0.278. The lowest BCUT2D eigenvalue weighted by Crippen LogP contribution is -2.36. The fourth-order valence-electron chi connectivity index (χ4n) is 2.42. The molecule has 3 rings (SSSR count). The molecule has 0 bridgehead atoms. The molecule has 2 aromatic rings. The molecule has 1 fully saturated rings. The van der Waals surface area contributed by atoms with Crippen LogP contribution in [0, 0.1) is 11.3 Å². The first-order valence-corrected chi connectivity index (χ1v) is 8.46. The Hall–Kier alpha value is -3.30. The van der Waals surface area contributed by atoms with Gasteiger partial charge in [-0.3, -0.25) is 0 Å². The largest absolute Gasteiger partial charge is 0.471 e. The molecule has 0 amide bonds. The second-order valence-electron chi connectivity index (χ2n) is 5.90. The Labute approximate surface area is 159 Å². The number of hydrogen-bond acceptors (Lipinski definition) is 7. The Morgan fingerprint density at radius 2 is 2.14 bits per heavy atom. The quantitative estimate of drug-likeness (QED) is 0.617. The van der Waals surface area contributed by atoms with Gasteiger partial charge in [-0.05, 0) is 24.6 Å². The zero-order valence-electron chi connectivity index (χ0n) is 14.7. The van der Waals surface area contributed by atoms with Crippen LogP contribution in [-0.4, -0.2) is 31.3 Å². The SMILES string of the molecule is N=N/C(=C\Nc1ccc(F)c(OC(F)F)c1)COc1ccc(N2CCC2)cn1. The minimum Gasteiger partial charge on any atom is -0.471 e. The monoisotopic (exact) mass is 393 g/mol. The molecule has 1 aliphatic rings. The highest BCUT2D eigenvalue weighted by atomic mass is 19.3. The van der Waals surface area contributed by atoms with Crippen molar-refractivity contribution in [3.05, 3.63) is 54.2 Å². The summed E-state index contributed by atoms with van der Waals surface area (Å²) in [6, 6.07) is 7.05. The van der Waals surface area contributed by atoms with E-state index >= 15 is 0 Å². The molecule has 7 nitrogen and oxygen atoms in total. The van der Waals surface area contributed by atoms with Crippen LogP contribution in [0.15, 0.2) is 53.5 Å². The number of alkyl halides is 2. The van der Waals surface area contributed by atoms with Crippen LogP contribution in [0.3, 0.4) is 0 Å². The Balaban J connectivity index is 1.57. The molecule has 0 spiro atoms. The molecule has 148 valence electrons. The predicted molar refractivity (Wildman–Crippen MR) is 96.4 cm³/mol. The highest BCUT2D eigenvalue weighted by Crippen LogP contribution is 2.24. The number of ether oxygens (including phenoxy) is 2. The first-order valence-electron chi connectivity index (χ1n) is 8.46. The van der Waals surface area contributed by atoms with E-state index < -0.39 is 18.2 Å².